The van der Waals surface area contributed by atoms with E-state index in [0.717, 1.165) is 17.5 Å². The molecule has 2 atom stereocenters. The number of aryl methyl sites for hydroxylation is 1. The van der Waals surface area contributed by atoms with E-state index in [2.05, 4.69) is 59.2 Å². The Kier molecular flexibility index (Phi) is 7.23. The molecule has 2 N–H and O–H groups in total. The molecule has 2 heterocycles. The summed E-state index contributed by atoms with van der Waals surface area (Å²) in [6, 6.07) is 37.0. The van der Waals surface area contributed by atoms with Crippen LogP contribution in [0, 0.1) is 0 Å². The maximum absolute atomic E-state index is 11.8. The standard InChI is InChI=1S/2C16H15NO/c18-15-11-10-12-6-4-5-9-14(12)16(17-15)13-7-2-1-3-8-13;18-16-10-13-8-4-5-9-14(13)15(11-17-16)12-6-2-1-3-7-12/h1-9,16H,10-11H2,(H,17,18);1-9,15H,10-11H2,(H,17,18). The monoisotopic (exact) mass is 474 g/mol. The lowest BCUT2D eigenvalue weighted by molar-refractivity contribution is -0.121. The molecule has 2 unspecified atom stereocenters. The summed E-state index contributed by atoms with van der Waals surface area (Å²) in [5.41, 5.74) is 7.29. The summed E-state index contributed by atoms with van der Waals surface area (Å²) in [6.07, 6.45) is 1.88. The third-order valence-electron chi connectivity index (χ3n) is 6.91. The number of fused-ring (bicyclic) bond motifs is 2. The molecule has 0 fully saturated rings. The Balaban J connectivity index is 0.000000148. The minimum Gasteiger partial charge on any atom is -0.355 e. The van der Waals surface area contributed by atoms with E-state index in [0.29, 0.717) is 19.4 Å². The molecule has 0 saturated carbocycles. The zero-order chi connectivity index (χ0) is 24.7. The number of hydrogen-bond donors (Lipinski definition) is 2. The first-order valence-electron chi connectivity index (χ1n) is 12.5. The molecule has 0 spiro atoms. The lowest BCUT2D eigenvalue weighted by Crippen LogP contribution is -2.27. The highest BCUT2D eigenvalue weighted by Crippen LogP contribution is 2.29. The third kappa shape index (κ3) is 5.38. The molecular formula is C32H30N2O2. The van der Waals surface area contributed by atoms with Gasteiger partial charge >= 0.3 is 0 Å². The van der Waals surface area contributed by atoms with Gasteiger partial charge < -0.3 is 10.6 Å². The first-order valence-corrected chi connectivity index (χ1v) is 12.5. The van der Waals surface area contributed by atoms with Gasteiger partial charge in [-0.05, 0) is 39.8 Å². The van der Waals surface area contributed by atoms with Crippen molar-refractivity contribution in [1.29, 1.82) is 0 Å². The van der Waals surface area contributed by atoms with Crippen molar-refractivity contribution < 1.29 is 9.59 Å². The molecular weight excluding hydrogens is 444 g/mol. The summed E-state index contributed by atoms with van der Waals surface area (Å²) in [7, 11) is 0. The van der Waals surface area contributed by atoms with Crippen LogP contribution in [0.1, 0.15) is 51.8 Å². The Morgan fingerprint density at radius 3 is 1.86 bits per heavy atom. The molecule has 6 rings (SSSR count). The Morgan fingerprint density at radius 2 is 1.14 bits per heavy atom. The molecule has 2 aliphatic heterocycles. The molecule has 4 nitrogen and oxygen atoms in total. The van der Waals surface area contributed by atoms with Gasteiger partial charge in [0.25, 0.3) is 0 Å². The van der Waals surface area contributed by atoms with Gasteiger partial charge in [-0.3, -0.25) is 9.59 Å². The van der Waals surface area contributed by atoms with Crippen molar-refractivity contribution in [2.75, 3.05) is 6.54 Å². The van der Waals surface area contributed by atoms with Crippen molar-refractivity contribution in [2.45, 2.75) is 31.2 Å². The molecule has 0 bridgehead atoms. The van der Waals surface area contributed by atoms with E-state index in [-0.39, 0.29) is 23.8 Å². The number of rotatable bonds is 2. The fourth-order valence-corrected chi connectivity index (χ4v) is 5.09. The number of benzene rings is 4. The van der Waals surface area contributed by atoms with Crippen LogP contribution in [0.2, 0.25) is 0 Å². The fraction of sp³-hybridized carbons (Fsp3) is 0.188. The maximum atomic E-state index is 11.8. The average molecular weight is 475 g/mol. The van der Waals surface area contributed by atoms with Crippen LogP contribution in [0.4, 0.5) is 0 Å². The molecule has 2 aliphatic rings. The number of hydrogen-bond acceptors (Lipinski definition) is 2. The number of carbonyl (C=O) groups is 2. The Bertz CT molecular complexity index is 1330. The molecule has 0 radical (unpaired) electrons. The quantitative estimate of drug-likeness (QED) is 0.413. The normalized spacial score (nSPS) is 18.7. The number of nitrogens with one attached hydrogen (secondary N) is 2. The van der Waals surface area contributed by atoms with Gasteiger partial charge in [-0.2, -0.15) is 0 Å². The summed E-state index contributed by atoms with van der Waals surface area (Å²) >= 11 is 0. The Hall–Kier alpha value is -4.18. The third-order valence-corrected chi connectivity index (χ3v) is 6.91. The van der Waals surface area contributed by atoms with Gasteiger partial charge in [-0.25, -0.2) is 0 Å². The van der Waals surface area contributed by atoms with Crippen molar-refractivity contribution in [3.8, 4) is 0 Å². The van der Waals surface area contributed by atoms with Crippen molar-refractivity contribution in [3.63, 3.8) is 0 Å². The minimum absolute atomic E-state index is 0.0163. The summed E-state index contributed by atoms with van der Waals surface area (Å²) in [5, 5.41) is 6.11. The molecule has 180 valence electrons. The first kappa shape index (κ1) is 23.6. The lowest BCUT2D eigenvalue weighted by atomic mass is 9.88. The van der Waals surface area contributed by atoms with Crippen LogP contribution in [-0.2, 0) is 22.4 Å². The van der Waals surface area contributed by atoms with E-state index >= 15 is 0 Å². The van der Waals surface area contributed by atoms with Gasteiger partial charge in [0, 0.05) is 18.9 Å². The number of carbonyl (C=O) groups excluding carboxylic acids is 2. The van der Waals surface area contributed by atoms with Gasteiger partial charge in [0.15, 0.2) is 0 Å². The van der Waals surface area contributed by atoms with E-state index in [1.165, 1.54) is 22.3 Å². The van der Waals surface area contributed by atoms with Crippen molar-refractivity contribution >= 4 is 11.8 Å². The summed E-state index contributed by atoms with van der Waals surface area (Å²) in [6.45, 7) is 0.680. The summed E-state index contributed by atoms with van der Waals surface area (Å²) in [5.74, 6) is 0.495. The second-order valence-electron chi connectivity index (χ2n) is 9.25. The predicted molar refractivity (Wildman–Crippen MR) is 143 cm³/mol. The highest BCUT2D eigenvalue weighted by Gasteiger charge is 2.23. The van der Waals surface area contributed by atoms with E-state index in [4.69, 9.17) is 0 Å². The van der Waals surface area contributed by atoms with Crippen LogP contribution in [0.3, 0.4) is 0 Å². The van der Waals surface area contributed by atoms with E-state index < -0.39 is 0 Å². The highest BCUT2D eigenvalue weighted by molar-refractivity contribution is 5.80. The Labute approximate surface area is 212 Å². The first-order chi connectivity index (χ1) is 17.7. The second kappa shape index (κ2) is 11.0. The van der Waals surface area contributed by atoms with Gasteiger partial charge in [0.1, 0.15) is 0 Å². The highest BCUT2D eigenvalue weighted by atomic mass is 16.2. The minimum atomic E-state index is -0.0163. The smallest absolute Gasteiger partial charge is 0.224 e. The molecule has 0 aromatic heterocycles. The van der Waals surface area contributed by atoms with Crippen LogP contribution in [0.25, 0.3) is 0 Å². The summed E-state index contributed by atoms with van der Waals surface area (Å²) in [4.78, 5) is 23.5. The van der Waals surface area contributed by atoms with E-state index in [1.54, 1.807) is 0 Å². The molecule has 0 aliphatic carbocycles. The van der Waals surface area contributed by atoms with Crippen molar-refractivity contribution in [2.24, 2.45) is 0 Å². The van der Waals surface area contributed by atoms with Crippen LogP contribution in [0.5, 0.6) is 0 Å². The molecule has 4 heteroatoms. The van der Waals surface area contributed by atoms with Crippen molar-refractivity contribution in [3.05, 3.63) is 143 Å². The van der Waals surface area contributed by atoms with Gasteiger partial charge in [0.05, 0.1) is 12.5 Å². The van der Waals surface area contributed by atoms with Crippen LogP contribution < -0.4 is 10.6 Å². The largest absolute Gasteiger partial charge is 0.355 e. The average Bonchev–Trinajstić information content (AvgIpc) is 3.21. The second-order valence-corrected chi connectivity index (χ2v) is 9.25. The van der Waals surface area contributed by atoms with Crippen LogP contribution >= 0.6 is 0 Å². The summed E-state index contributed by atoms with van der Waals surface area (Å²) < 4.78 is 0. The van der Waals surface area contributed by atoms with Crippen molar-refractivity contribution in [1.82, 2.24) is 10.6 Å². The number of amides is 2. The lowest BCUT2D eigenvalue weighted by Gasteiger charge is -2.19. The predicted octanol–water partition coefficient (Wildman–Crippen LogP) is 5.33. The van der Waals surface area contributed by atoms with Gasteiger partial charge in [0.2, 0.25) is 11.8 Å². The molecule has 2 amide bonds. The zero-order valence-corrected chi connectivity index (χ0v) is 20.2. The molecule has 4 aromatic carbocycles. The Morgan fingerprint density at radius 1 is 0.556 bits per heavy atom. The molecule has 0 saturated heterocycles. The van der Waals surface area contributed by atoms with E-state index in [1.807, 2.05) is 60.7 Å². The SMILES string of the molecule is O=C1CCc2ccccc2C(c2ccccc2)N1.O=C1Cc2ccccc2C(c2ccccc2)CN1. The van der Waals surface area contributed by atoms with Crippen LogP contribution in [0.15, 0.2) is 109 Å². The molecule has 36 heavy (non-hydrogen) atoms. The van der Waals surface area contributed by atoms with Crippen LogP contribution in [-0.4, -0.2) is 18.4 Å². The maximum Gasteiger partial charge on any atom is 0.224 e. The zero-order valence-electron chi connectivity index (χ0n) is 20.2. The molecule has 4 aromatic rings. The van der Waals surface area contributed by atoms with Gasteiger partial charge in [-0.15, -0.1) is 0 Å². The topological polar surface area (TPSA) is 58.2 Å². The fourth-order valence-electron chi connectivity index (χ4n) is 5.09. The van der Waals surface area contributed by atoms with E-state index in [9.17, 15) is 9.59 Å². The van der Waals surface area contributed by atoms with Gasteiger partial charge in [-0.1, -0.05) is 109 Å².